The topological polar surface area (TPSA) is 27.7 Å². The van der Waals surface area contributed by atoms with Gasteiger partial charge in [-0.15, -0.1) is 0 Å². The van der Waals surface area contributed by atoms with Gasteiger partial charge in [0.1, 0.15) is 30.8 Å². The molecule has 0 aliphatic rings. The lowest BCUT2D eigenvalue weighted by Gasteiger charge is -2.17. The number of methoxy groups -OCH3 is 1. The standard InChI is InChI=1S/C17H20O3/c1-14-8-10-16(11-9-14)20-13-17(18-2)12-19-15-6-4-3-5-7-15/h3-11,17H,12-13H2,1-2H3. The largest absolute Gasteiger partial charge is 0.491 e. The maximum Gasteiger partial charge on any atom is 0.125 e. The minimum Gasteiger partial charge on any atom is -0.491 e. The Kier molecular flexibility index (Phi) is 5.44. The third-order valence-corrected chi connectivity index (χ3v) is 2.97. The Morgan fingerprint density at radius 2 is 1.35 bits per heavy atom. The van der Waals surface area contributed by atoms with E-state index < -0.39 is 0 Å². The van der Waals surface area contributed by atoms with E-state index in [0.29, 0.717) is 13.2 Å². The van der Waals surface area contributed by atoms with Gasteiger partial charge in [-0.1, -0.05) is 35.9 Å². The minimum absolute atomic E-state index is 0.100. The van der Waals surface area contributed by atoms with Crippen LogP contribution in [0, 0.1) is 6.92 Å². The highest BCUT2D eigenvalue weighted by atomic mass is 16.6. The van der Waals surface area contributed by atoms with Crippen molar-refractivity contribution in [3.63, 3.8) is 0 Å². The Morgan fingerprint density at radius 3 is 1.90 bits per heavy atom. The first-order valence-corrected chi connectivity index (χ1v) is 6.68. The van der Waals surface area contributed by atoms with Gasteiger partial charge >= 0.3 is 0 Å². The molecule has 0 saturated carbocycles. The van der Waals surface area contributed by atoms with E-state index in [2.05, 4.69) is 6.92 Å². The molecule has 0 radical (unpaired) electrons. The molecule has 0 saturated heterocycles. The van der Waals surface area contributed by atoms with Crippen LogP contribution >= 0.6 is 0 Å². The normalized spacial score (nSPS) is 11.9. The molecule has 0 spiro atoms. The van der Waals surface area contributed by atoms with E-state index in [1.807, 2.05) is 54.6 Å². The first-order valence-electron chi connectivity index (χ1n) is 6.68. The van der Waals surface area contributed by atoms with E-state index in [4.69, 9.17) is 14.2 Å². The van der Waals surface area contributed by atoms with Crippen molar-refractivity contribution in [1.82, 2.24) is 0 Å². The molecule has 2 rings (SSSR count). The highest BCUT2D eigenvalue weighted by Crippen LogP contribution is 2.13. The van der Waals surface area contributed by atoms with Crippen LogP contribution in [0.2, 0.25) is 0 Å². The summed E-state index contributed by atoms with van der Waals surface area (Å²) in [7, 11) is 1.66. The third kappa shape index (κ3) is 4.59. The van der Waals surface area contributed by atoms with Gasteiger partial charge in [-0.05, 0) is 31.2 Å². The molecule has 0 N–H and O–H groups in total. The van der Waals surface area contributed by atoms with Gasteiger partial charge in [0.2, 0.25) is 0 Å². The Balaban J connectivity index is 1.79. The summed E-state index contributed by atoms with van der Waals surface area (Å²) < 4.78 is 16.7. The highest BCUT2D eigenvalue weighted by molar-refractivity contribution is 5.26. The van der Waals surface area contributed by atoms with Crippen LogP contribution in [0.5, 0.6) is 11.5 Å². The number of benzene rings is 2. The minimum atomic E-state index is -0.100. The molecule has 0 aliphatic heterocycles. The van der Waals surface area contributed by atoms with Gasteiger partial charge in [-0.3, -0.25) is 0 Å². The average Bonchev–Trinajstić information content (AvgIpc) is 2.50. The molecule has 1 atom stereocenters. The Bertz CT molecular complexity index is 493. The zero-order valence-corrected chi connectivity index (χ0v) is 11.9. The lowest BCUT2D eigenvalue weighted by Crippen LogP contribution is -2.27. The van der Waals surface area contributed by atoms with Gasteiger partial charge in [-0.2, -0.15) is 0 Å². The van der Waals surface area contributed by atoms with Crippen molar-refractivity contribution in [2.75, 3.05) is 20.3 Å². The van der Waals surface area contributed by atoms with E-state index in [-0.39, 0.29) is 6.10 Å². The highest BCUT2D eigenvalue weighted by Gasteiger charge is 2.09. The Morgan fingerprint density at radius 1 is 0.800 bits per heavy atom. The van der Waals surface area contributed by atoms with Crippen LogP contribution in [0.15, 0.2) is 54.6 Å². The van der Waals surface area contributed by atoms with Crippen molar-refractivity contribution in [3.8, 4) is 11.5 Å². The van der Waals surface area contributed by atoms with Gasteiger partial charge in [-0.25, -0.2) is 0 Å². The lowest BCUT2D eigenvalue weighted by atomic mass is 10.2. The molecule has 3 nitrogen and oxygen atoms in total. The summed E-state index contributed by atoms with van der Waals surface area (Å²) in [5.41, 5.74) is 1.22. The van der Waals surface area contributed by atoms with Crippen LogP contribution in [0.25, 0.3) is 0 Å². The molecule has 106 valence electrons. The number of hydrogen-bond donors (Lipinski definition) is 0. The summed E-state index contributed by atoms with van der Waals surface area (Å²) in [6.45, 7) is 2.98. The summed E-state index contributed by atoms with van der Waals surface area (Å²) >= 11 is 0. The number of ether oxygens (including phenoxy) is 3. The summed E-state index contributed by atoms with van der Waals surface area (Å²) in [6, 6.07) is 17.7. The van der Waals surface area contributed by atoms with E-state index in [1.165, 1.54) is 5.56 Å². The zero-order chi connectivity index (χ0) is 14.2. The van der Waals surface area contributed by atoms with E-state index >= 15 is 0 Å². The van der Waals surface area contributed by atoms with Crippen molar-refractivity contribution in [2.45, 2.75) is 13.0 Å². The molecule has 3 heteroatoms. The monoisotopic (exact) mass is 272 g/mol. The van der Waals surface area contributed by atoms with E-state index in [0.717, 1.165) is 11.5 Å². The van der Waals surface area contributed by atoms with Crippen LogP contribution in [0.1, 0.15) is 5.56 Å². The molecule has 2 aromatic rings. The smallest absolute Gasteiger partial charge is 0.125 e. The third-order valence-electron chi connectivity index (χ3n) is 2.97. The summed E-state index contributed by atoms with van der Waals surface area (Å²) in [5, 5.41) is 0. The summed E-state index contributed by atoms with van der Waals surface area (Å²) in [4.78, 5) is 0. The van der Waals surface area contributed by atoms with Crippen LogP contribution in [0.3, 0.4) is 0 Å². The predicted molar refractivity (Wildman–Crippen MR) is 79.4 cm³/mol. The average molecular weight is 272 g/mol. The van der Waals surface area contributed by atoms with Crippen molar-refractivity contribution < 1.29 is 14.2 Å². The summed E-state index contributed by atoms with van der Waals surface area (Å²) in [5.74, 6) is 1.68. The summed E-state index contributed by atoms with van der Waals surface area (Å²) in [6.07, 6.45) is -0.100. The van der Waals surface area contributed by atoms with Crippen LogP contribution in [-0.2, 0) is 4.74 Å². The SMILES string of the molecule is COC(COc1ccccc1)COc1ccc(C)cc1. The molecule has 0 amide bonds. The molecule has 0 heterocycles. The van der Waals surface area contributed by atoms with Crippen molar-refractivity contribution in [3.05, 3.63) is 60.2 Å². The quantitative estimate of drug-likeness (QED) is 0.772. The second-order valence-corrected chi connectivity index (χ2v) is 4.61. The molecule has 0 aliphatic carbocycles. The second kappa shape index (κ2) is 7.56. The van der Waals surface area contributed by atoms with Gasteiger partial charge in [0.05, 0.1) is 0 Å². The number of hydrogen-bond acceptors (Lipinski definition) is 3. The fourth-order valence-corrected chi connectivity index (χ4v) is 1.71. The number of para-hydroxylation sites is 1. The van der Waals surface area contributed by atoms with Gasteiger partial charge < -0.3 is 14.2 Å². The number of rotatable bonds is 7. The predicted octanol–water partition coefficient (Wildman–Crippen LogP) is 3.47. The lowest BCUT2D eigenvalue weighted by molar-refractivity contribution is 0.0237. The van der Waals surface area contributed by atoms with Gasteiger partial charge in [0.25, 0.3) is 0 Å². The molecular weight excluding hydrogens is 252 g/mol. The molecule has 1 unspecified atom stereocenters. The fraction of sp³-hybridized carbons (Fsp3) is 0.294. The van der Waals surface area contributed by atoms with E-state index in [1.54, 1.807) is 7.11 Å². The zero-order valence-electron chi connectivity index (χ0n) is 11.9. The maximum atomic E-state index is 5.70. The fourth-order valence-electron chi connectivity index (χ4n) is 1.71. The molecule has 0 aromatic heterocycles. The first-order chi connectivity index (χ1) is 9.78. The Hall–Kier alpha value is -2.00. The molecule has 0 fully saturated rings. The number of aryl methyl sites for hydroxylation is 1. The molecule has 2 aromatic carbocycles. The Labute approximate surface area is 120 Å². The van der Waals surface area contributed by atoms with Crippen molar-refractivity contribution in [1.29, 1.82) is 0 Å². The van der Waals surface area contributed by atoms with E-state index in [9.17, 15) is 0 Å². The van der Waals surface area contributed by atoms with Gasteiger partial charge in [0, 0.05) is 7.11 Å². The second-order valence-electron chi connectivity index (χ2n) is 4.61. The maximum absolute atomic E-state index is 5.70. The first kappa shape index (κ1) is 14.4. The van der Waals surface area contributed by atoms with Crippen LogP contribution < -0.4 is 9.47 Å². The van der Waals surface area contributed by atoms with Crippen molar-refractivity contribution >= 4 is 0 Å². The molecular formula is C17H20O3. The van der Waals surface area contributed by atoms with Crippen molar-refractivity contribution in [2.24, 2.45) is 0 Å². The van der Waals surface area contributed by atoms with Gasteiger partial charge in [0.15, 0.2) is 0 Å². The van der Waals surface area contributed by atoms with Crippen LogP contribution in [0.4, 0.5) is 0 Å². The molecule has 0 bridgehead atoms. The molecule has 20 heavy (non-hydrogen) atoms. The van der Waals surface area contributed by atoms with Crippen LogP contribution in [-0.4, -0.2) is 26.4 Å².